The molecule has 0 aliphatic heterocycles. The van der Waals surface area contributed by atoms with Gasteiger partial charge >= 0.3 is 11.8 Å². The SMILES string of the molecule is CCc1ccc(NC(=O)C(=O)Nc2ccc(N(CC)CC)cc2)cc1. The van der Waals surface area contributed by atoms with Crippen molar-refractivity contribution in [1.29, 1.82) is 0 Å². The van der Waals surface area contributed by atoms with Crippen LogP contribution in [-0.2, 0) is 16.0 Å². The van der Waals surface area contributed by atoms with E-state index in [1.54, 1.807) is 24.3 Å². The summed E-state index contributed by atoms with van der Waals surface area (Å²) in [5, 5.41) is 5.22. The van der Waals surface area contributed by atoms with Crippen molar-refractivity contribution >= 4 is 28.9 Å². The number of rotatable bonds is 6. The summed E-state index contributed by atoms with van der Waals surface area (Å²) in [7, 11) is 0. The average Bonchev–Trinajstić information content (AvgIpc) is 2.64. The van der Waals surface area contributed by atoms with E-state index in [0.29, 0.717) is 11.4 Å². The first-order valence-electron chi connectivity index (χ1n) is 8.63. The molecule has 0 saturated carbocycles. The van der Waals surface area contributed by atoms with Gasteiger partial charge in [-0.1, -0.05) is 19.1 Å². The normalized spacial score (nSPS) is 10.2. The number of hydrogen-bond donors (Lipinski definition) is 2. The molecule has 0 aliphatic carbocycles. The number of carbonyl (C=O) groups excluding carboxylic acids is 2. The van der Waals surface area contributed by atoms with Crippen molar-refractivity contribution in [3.63, 3.8) is 0 Å². The van der Waals surface area contributed by atoms with Crippen molar-refractivity contribution in [1.82, 2.24) is 0 Å². The standard InChI is InChI=1S/C20H25N3O2/c1-4-15-7-9-16(10-8-15)21-19(24)20(25)22-17-11-13-18(14-12-17)23(5-2)6-3/h7-14H,4-6H2,1-3H3,(H,21,24)(H,22,25). The highest BCUT2D eigenvalue weighted by molar-refractivity contribution is 6.43. The molecule has 0 bridgehead atoms. The lowest BCUT2D eigenvalue weighted by Gasteiger charge is -2.21. The summed E-state index contributed by atoms with van der Waals surface area (Å²) < 4.78 is 0. The summed E-state index contributed by atoms with van der Waals surface area (Å²) in [4.78, 5) is 26.3. The van der Waals surface area contributed by atoms with E-state index in [4.69, 9.17) is 0 Å². The van der Waals surface area contributed by atoms with E-state index >= 15 is 0 Å². The van der Waals surface area contributed by atoms with Gasteiger partial charge in [0.15, 0.2) is 0 Å². The lowest BCUT2D eigenvalue weighted by Crippen LogP contribution is -2.29. The summed E-state index contributed by atoms with van der Waals surface area (Å²) in [5.41, 5.74) is 3.46. The molecule has 25 heavy (non-hydrogen) atoms. The topological polar surface area (TPSA) is 61.4 Å². The molecule has 0 aliphatic rings. The molecule has 132 valence electrons. The molecule has 2 rings (SSSR count). The van der Waals surface area contributed by atoms with Crippen LogP contribution in [0.15, 0.2) is 48.5 Å². The quantitative estimate of drug-likeness (QED) is 0.789. The summed E-state index contributed by atoms with van der Waals surface area (Å²) in [6.07, 6.45) is 0.929. The molecule has 0 radical (unpaired) electrons. The van der Waals surface area contributed by atoms with E-state index < -0.39 is 11.8 Å². The van der Waals surface area contributed by atoms with Crippen LogP contribution in [0, 0.1) is 0 Å². The summed E-state index contributed by atoms with van der Waals surface area (Å²) in [6.45, 7) is 8.09. The van der Waals surface area contributed by atoms with E-state index in [1.165, 1.54) is 5.56 Å². The molecule has 5 nitrogen and oxygen atoms in total. The van der Waals surface area contributed by atoms with Gasteiger partial charge < -0.3 is 15.5 Å². The van der Waals surface area contributed by atoms with E-state index in [0.717, 1.165) is 25.2 Å². The molecule has 0 saturated heterocycles. The minimum absolute atomic E-state index is 0.595. The van der Waals surface area contributed by atoms with Crippen LogP contribution in [0.3, 0.4) is 0 Å². The molecule has 0 heterocycles. The Hall–Kier alpha value is -2.82. The Balaban J connectivity index is 1.94. The van der Waals surface area contributed by atoms with Crippen LogP contribution >= 0.6 is 0 Å². The average molecular weight is 339 g/mol. The fourth-order valence-corrected chi connectivity index (χ4v) is 2.54. The van der Waals surface area contributed by atoms with Gasteiger partial charge in [0.1, 0.15) is 0 Å². The molecule has 0 unspecified atom stereocenters. The highest BCUT2D eigenvalue weighted by atomic mass is 16.2. The molecule has 2 N–H and O–H groups in total. The van der Waals surface area contributed by atoms with E-state index in [-0.39, 0.29) is 0 Å². The molecule has 0 spiro atoms. The second kappa shape index (κ2) is 8.87. The highest BCUT2D eigenvalue weighted by Gasteiger charge is 2.14. The highest BCUT2D eigenvalue weighted by Crippen LogP contribution is 2.18. The monoisotopic (exact) mass is 339 g/mol. The number of nitrogens with one attached hydrogen (secondary N) is 2. The number of aryl methyl sites for hydroxylation is 1. The molecule has 0 atom stereocenters. The Morgan fingerprint density at radius 2 is 1.20 bits per heavy atom. The second-order valence-corrected chi connectivity index (χ2v) is 5.68. The summed E-state index contributed by atoms with van der Waals surface area (Å²) in [5.74, 6) is -1.37. The molecular weight excluding hydrogens is 314 g/mol. The maximum absolute atomic E-state index is 12.0. The van der Waals surface area contributed by atoms with E-state index in [9.17, 15) is 9.59 Å². The van der Waals surface area contributed by atoms with Gasteiger partial charge in [0.05, 0.1) is 0 Å². The zero-order valence-electron chi connectivity index (χ0n) is 15.0. The van der Waals surface area contributed by atoms with Gasteiger partial charge in [0.2, 0.25) is 0 Å². The van der Waals surface area contributed by atoms with Crippen molar-refractivity contribution < 1.29 is 9.59 Å². The fourth-order valence-electron chi connectivity index (χ4n) is 2.54. The van der Waals surface area contributed by atoms with Gasteiger partial charge in [0, 0.05) is 30.2 Å². The van der Waals surface area contributed by atoms with Gasteiger partial charge in [-0.15, -0.1) is 0 Å². The minimum atomic E-state index is -0.685. The lowest BCUT2D eigenvalue weighted by atomic mass is 10.1. The molecule has 0 aromatic heterocycles. The molecule has 2 aromatic rings. The fraction of sp³-hybridized carbons (Fsp3) is 0.300. The first-order chi connectivity index (χ1) is 12.1. The van der Waals surface area contributed by atoms with Crippen molar-refractivity contribution in [2.75, 3.05) is 28.6 Å². The maximum atomic E-state index is 12.0. The van der Waals surface area contributed by atoms with Gasteiger partial charge in [-0.05, 0) is 62.2 Å². The number of amides is 2. The first-order valence-corrected chi connectivity index (χ1v) is 8.63. The smallest absolute Gasteiger partial charge is 0.314 e. The van der Waals surface area contributed by atoms with Gasteiger partial charge in [0.25, 0.3) is 0 Å². The Morgan fingerprint density at radius 3 is 1.60 bits per heavy atom. The van der Waals surface area contributed by atoms with E-state index in [2.05, 4.69) is 36.3 Å². The van der Waals surface area contributed by atoms with Crippen molar-refractivity contribution in [3.8, 4) is 0 Å². The Morgan fingerprint density at radius 1 is 0.760 bits per heavy atom. The van der Waals surface area contributed by atoms with Crippen LogP contribution in [0.2, 0.25) is 0 Å². The summed E-state index contributed by atoms with van der Waals surface area (Å²) in [6, 6.07) is 14.9. The van der Waals surface area contributed by atoms with Crippen LogP contribution in [-0.4, -0.2) is 24.9 Å². The number of benzene rings is 2. The largest absolute Gasteiger partial charge is 0.372 e. The Labute approximate surface area is 149 Å². The Kier molecular flexibility index (Phi) is 6.57. The van der Waals surface area contributed by atoms with Crippen molar-refractivity contribution in [2.45, 2.75) is 27.2 Å². The first kappa shape index (κ1) is 18.5. The van der Waals surface area contributed by atoms with Crippen LogP contribution in [0.4, 0.5) is 17.1 Å². The predicted molar refractivity (Wildman–Crippen MR) is 103 cm³/mol. The minimum Gasteiger partial charge on any atom is -0.372 e. The maximum Gasteiger partial charge on any atom is 0.314 e. The number of nitrogens with zero attached hydrogens (tertiary/aromatic N) is 1. The van der Waals surface area contributed by atoms with Crippen molar-refractivity contribution in [2.24, 2.45) is 0 Å². The molecule has 5 heteroatoms. The second-order valence-electron chi connectivity index (χ2n) is 5.68. The van der Waals surface area contributed by atoms with Crippen LogP contribution in [0.5, 0.6) is 0 Å². The third kappa shape index (κ3) is 5.08. The summed E-state index contributed by atoms with van der Waals surface area (Å²) >= 11 is 0. The molecule has 0 fully saturated rings. The van der Waals surface area contributed by atoms with Crippen LogP contribution in [0.25, 0.3) is 0 Å². The zero-order valence-corrected chi connectivity index (χ0v) is 15.0. The van der Waals surface area contributed by atoms with Crippen LogP contribution < -0.4 is 15.5 Å². The number of carbonyl (C=O) groups is 2. The van der Waals surface area contributed by atoms with Gasteiger partial charge in [-0.3, -0.25) is 9.59 Å². The molecular formula is C20H25N3O2. The van der Waals surface area contributed by atoms with Crippen molar-refractivity contribution in [3.05, 3.63) is 54.1 Å². The lowest BCUT2D eigenvalue weighted by molar-refractivity contribution is -0.132. The van der Waals surface area contributed by atoms with Gasteiger partial charge in [-0.25, -0.2) is 0 Å². The third-order valence-corrected chi connectivity index (χ3v) is 4.08. The number of hydrogen-bond acceptors (Lipinski definition) is 3. The molecule has 2 amide bonds. The number of anilines is 3. The van der Waals surface area contributed by atoms with Gasteiger partial charge in [-0.2, -0.15) is 0 Å². The van der Waals surface area contributed by atoms with Crippen LogP contribution in [0.1, 0.15) is 26.3 Å². The molecule has 2 aromatic carbocycles. The zero-order chi connectivity index (χ0) is 18.2. The van der Waals surface area contributed by atoms with E-state index in [1.807, 2.05) is 24.3 Å². The predicted octanol–water partition coefficient (Wildman–Crippen LogP) is 3.67. The third-order valence-electron chi connectivity index (χ3n) is 4.08. The Bertz CT molecular complexity index is 705.